The van der Waals surface area contributed by atoms with Crippen LogP contribution in [0.5, 0.6) is 0 Å². The molecular weight excluding hydrogens is 319 g/mol. The van der Waals surface area contributed by atoms with Crippen molar-refractivity contribution in [2.75, 3.05) is 5.75 Å². The van der Waals surface area contributed by atoms with E-state index in [1.165, 1.54) is 0 Å². The predicted octanol–water partition coefficient (Wildman–Crippen LogP) is 3.92. The first-order valence-electron chi connectivity index (χ1n) is 6.74. The summed E-state index contributed by atoms with van der Waals surface area (Å²) in [5, 5.41) is 8.33. The van der Waals surface area contributed by atoms with Crippen molar-refractivity contribution >= 4 is 27.4 Å². The first-order valence-corrected chi connectivity index (χ1v) is 8.77. The van der Waals surface area contributed by atoms with Gasteiger partial charge in [-0.2, -0.15) is 0 Å². The summed E-state index contributed by atoms with van der Waals surface area (Å²) in [5.74, 6) is -2.63. The van der Waals surface area contributed by atoms with E-state index in [2.05, 4.69) is 6.92 Å². The van der Waals surface area contributed by atoms with Crippen molar-refractivity contribution in [2.24, 2.45) is 0 Å². The minimum atomic E-state index is -3.70. The van der Waals surface area contributed by atoms with Gasteiger partial charge in [0.1, 0.15) is 5.82 Å². The number of benzene rings is 1. The Bertz CT molecular complexity index is 614. The number of carboxylic acids is 1. The molecule has 0 unspecified atom stereocenters. The zero-order valence-electron chi connectivity index (χ0n) is 11.7. The van der Waals surface area contributed by atoms with E-state index in [-0.39, 0.29) is 10.6 Å². The Hall–Kier alpha value is -1.14. The van der Waals surface area contributed by atoms with Crippen LogP contribution >= 0.6 is 11.6 Å². The fourth-order valence-electron chi connectivity index (χ4n) is 1.91. The molecule has 4 nitrogen and oxygen atoms in total. The van der Waals surface area contributed by atoms with Gasteiger partial charge in [-0.25, -0.2) is 17.6 Å². The van der Waals surface area contributed by atoms with Gasteiger partial charge in [0, 0.05) is 0 Å². The number of sulfone groups is 1. The lowest BCUT2D eigenvalue weighted by atomic mass is 10.2. The molecule has 118 valence electrons. The quantitative estimate of drug-likeness (QED) is 0.730. The average Bonchev–Trinajstić information content (AvgIpc) is 2.40. The fraction of sp³-hybridized carbons (Fsp3) is 0.500. The molecule has 0 aliphatic carbocycles. The van der Waals surface area contributed by atoms with E-state index in [1.54, 1.807) is 0 Å². The number of rotatable bonds is 8. The van der Waals surface area contributed by atoms with Crippen LogP contribution in [-0.2, 0) is 9.84 Å². The molecule has 0 fully saturated rings. The zero-order chi connectivity index (χ0) is 16.0. The minimum absolute atomic E-state index is 0.128. The summed E-state index contributed by atoms with van der Waals surface area (Å²) in [5.41, 5.74) is -0.541. The maximum absolute atomic E-state index is 13.6. The summed E-state index contributed by atoms with van der Waals surface area (Å²) in [7, 11) is -3.70. The van der Waals surface area contributed by atoms with E-state index in [9.17, 15) is 17.6 Å². The highest BCUT2D eigenvalue weighted by Gasteiger charge is 2.21. The molecule has 0 saturated carbocycles. The molecule has 0 aromatic heterocycles. The summed E-state index contributed by atoms with van der Waals surface area (Å²) in [6.07, 6.45) is 4.28. The summed E-state index contributed by atoms with van der Waals surface area (Å²) < 4.78 is 37.8. The van der Waals surface area contributed by atoms with Crippen LogP contribution in [0.15, 0.2) is 17.0 Å². The minimum Gasteiger partial charge on any atom is -0.478 e. The topological polar surface area (TPSA) is 71.4 Å². The lowest BCUT2D eigenvalue weighted by Crippen LogP contribution is -2.10. The van der Waals surface area contributed by atoms with Crippen molar-refractivity contribution in [3.8, 4) is 0 Å². The molecule has 0 bridgehead atoms. The maximum atomic E-state index is 13.6. The third-order valence-electron chi connectivity index (χ3n) is 3.11. The molecule has 21 heavy (non-hydrogen) atoms. The highest BCUT2D eigenvalue weighted by atomic mass is 35.5. The van der Waals surface area contributed by atoms with Crippen molar-refractivity contribution in [2.45, 2.75) is 43.9 Å². The zero-order valence-corrected chi connectivity index (χ0v) is 13.3. The highest BCUT2D eigenvalue weighted by molar-refractivity contribution is 7.91. The van der Waals surface area contributed by atoms with Gasteiger partial charge < -0.3 is 5.11 Å². The molecule has 0 saturated heterocycles. The Morgan fingerprint density at radius 1 is 1.24 bits per heavy atom. The molecular formula is C14H18ClFO4S. The molecule has 0 aliphatic heterocycles. The maximum Gasteiger partial charge on any atom is 0.337 e. The van der Waals surface area contributed by atoms with E-state index in [0.717, 1.165) is 37.8 Å². The average molecular weight is 337 g/mol. The molecule has 0 radical (unpaired) electrons. The number of hydrogen-bond acceptors (Lipinski definition) is 3. The van der Waals surface area contributed by atoms with Crippen LogP contribution in [0, 0.1) is 5.82 Å². The Labute approximate surface area is 128 Å². The smallest absolute Gasteiger partial charge is 0.337 e. The van der Waals surface area contributed by atoms with Gasteiger partial charge in [0.15, 0.2) is 9.84 Å². The first kappa shape index (κ1) is 17.9. The van der Waals surface area contributed by atoms with Crippen molar-refractivity contribution in [1.82, 2.24) is 0 Å². The number of unbranched alkanes of at least 4 members (excludes halogenated alkanes) is 4. The van der Waals surface area contributed by atoms with Gasteiger partial charge in [-0.3, -0.25) is 0 Å². The van der Waals surface area contributed by atoms with Crippen LogP contribution < -0.4 is 0 Å². The second-order valence-corrected chi connectivity index (χ2v) is 7.29. The van der Waals surface area contributed by atoms with Gasteiger partial charge in [-0.15, -0.1) is 0 Å². The van der Waals surface area contributed by atoms with E-state index in [0.29, 0.717) is 6.42 Å². The number of carbonyl (C=O) groups is 1. The summed E-state index contributed by atoms with van der Waals surface area (Å²) in [6.45, 7) is 2.06. The van der Waals surface area contributed by atoms with Crippen LogP contribution in [0.25, 0.3) is 0 Å². The molecule has 0 amide bonds. The van der Waals surface area contributed by atoms with E-state index >= 15 is 0 Å². The molecule has 1 aromatic carbocycles. The Morgan fingerprint density at radius 2 is 1.86 bits per heavy atom. The normalized spacial score (nSPS) is 11.6. The van der Waals surface area contributed by atoms with Gasteiger partial charge >= 0.3 is 5.97 Å². The fourth-order valence-corrected chi connectivity index (χ4v) is 3.50. The standard InChI is InChI=1S/C14H18ClFO4S/c1-2-3-4-5-6-7-21(19,20)10-8-11(14(17)18)13(15)12(16)9-10/h8-9H,2-7H2,1H3,(H,17,18). The van der Waals surface area contributed by atoms with Gasteiger partial charge in [-0.05, 0) is 18.6 Å². The third kappa shape index (κ3) is 4.97. The number of hydrogen-bond donors (Lipinski definition) is 1. The SMILES string of the molecule is CCCCCCCS(=O)(=O)c1cc(F)c(Cl)c(C(=O)O)c1. The predicted molar refractivity (Wildman–Crippen MR) is 79.2 cm³/mol. The van der Waals surface area contributed by atoms with E-state index in [4.69, 9.17) is 16.7 Å². The van der Waals surface area contributed by atoms with Crippen LogP contribution in [-0.4, -0.2) is 25.2 Å². The lowest BCUT2D eigenvalue weighted by Gasteiger charge is -2.07. The van der Waals surface area contributed by atoms with Crippen molar-refractivity contribution in [1.29, 1.82) is 0 Å². The first-order chi connectivity index (χ1) is 9.79. The summed E-state index contributed by atoms with van der Waals surface area (Å²) >= 11 is 5.52. The van der Waals surface area contributed by atoms with Crippen LogP contribution in [0.1, 0.15) is 49.4 Å². The van der Waals surface area contributed by atoms with Crippen LogP contribution in [0.4, 0.5) is 4.39 Å². The molecule has 0 atom stereocenters. The van der Waals surface area contributed by atoms with E-state index in [1.807, 2.05) is 0 Å². The lowest BCUT2D eigenvalue weighted by molar-refractivity contribution is 0.0696. The monoisotopic (exact) mass is 336 g/mol. The number of aromatic carboxylic acids is 1. The molecule has 0 aliphatic rings. The molecule has 0 spiro atoms. The summed E-state index contributed by atoms with van der Waals surface area (Å²) in [6, 6.07) is 1.69. The second kappa shape index (κ2) is 7.75. The van der Waals surface area contributed by atoms with Gasteiger partial charge in [0.05, 0.1) is 21.2 Å². The van der Waals surface area contributed by atoms with Crippen molar-refractivity contribution in [3.63, 3.8) is 0 Å². The highest BCUT2D eigenvalue weighted by Crippen LogP contribution is 2.25. The van der Waals surface area contributed by atoms with E-state index < -0.39 is 32.2 Å². The van der Waals surface area contributed by atoms with Crippen molar-refractivity contribution in [3.05, 3.63) is 28.5 Å². The van der Waals surface area contributed by atoms with Gasteiger partial charge in [-0.1, -0.05) is 44.2 Å². The Kier molecular flexibility index (Phi) is 6.61. The van der Waals surface area contributed by atoms with Crippen LogP contribution in [0.2, 0.25) is 5.02 Å². The summed E-state index contributed by atoms with van der Waals surface area (Å²) in [4.78, 5) is 10.6. The molecule has 1 N–H and O–H groups in total. The third-order valence-corrected chi connectivity index (χ3v) is 5.27. The second-order valence-electron chi connectivity index (χ2n) is 4.80. The van der Waals surface area contributed by atoms with Gasteiger partial charge in [0.25, 0.3) is 0 Å². The van der Waals surface area contributed by atoms with Crippen molar-refractivity contribution < 1.29 is 22.7 Å². The van der Waals surface area contributed by atoms with Gasteiger partial charge in [0.2, 0.25) is 0 Å². The number of carboxylic acid groups (broad SMARTS) is 1. The van der Waals surface area contributed by atoms with Crippen LogP contribution in [0.3, 0.4) is 0 Å². The molecule has 7 heteroatoms. The Balaban J connectivity index is 2.91. The Morgan fingerprint density at radius 3 is 2.43 bits per heavy atom. The molecule has 1 rings (SSSR count). The largest absolute Gasteiger partial charge is 0.478 e. The molecule has 1 aromatic rings. The molecule has 0 heterocycles. The number of halogens is 2.